The summed E-state index contributed by atoms with van der Waals surface area (Å²) in [6.45, 7) is 6.53. The fourth-order valence-corrected chi connectivity index (χ4v) is 1.29. The smallest absolute Gasteiger partial charge is 0.0597 e. The zero-order chi connectivity index (χ0) is 8.48. The van der Waals surface area contributed by atoms with Crippen LogP contribution in [0, 0.1) is 0 Å². The Morgan fingerprint density at radius 2 is 2.27 bits per heavy atom. The summed E-state index contributed by atoms with van der Waals surface area (Å²) in [5, 5.41) is 12.2. The molecule has 0 bridgehead atoms. The molecular formula is C8H18N2O. The first-order chi connectivity index (χ1) is 5.06. The van der Waals surface area contributed by atoms with E-state index in [1.807, 2.05) is 0 Å². The van der Waals surface area contributed by atoms with Crippen molar-refractivity contribution in [1.82, 2.24) is 10.2 Å². The predicted molar refractivity (Wildman–Crippen MR) is 45.6 cm³/mol. The third-order valence-corrected chi connectivity index (χ3v) is 2.57. The number of likely N-dealkylation sites (N-methyl/N-ethyl adjacent to an activating group) is 1. The van der Waals surface area contributed by atoms with E-state index in [1.54, 1.807) is 0 Å². The van der Waals surface area contributed by atoms with Crippen LogP contribution in [0.2, 0.25) is 0 Å². The molecule has 1 aliphatic rings. The van der Waals surface area contributed by atoms with E-state index in [0.717, 1.165) is 13.1 Å². The van der Waals surface area contributed by atoms with Crippen molar-refractivity contribution in [3.8, 4) is 0 Å². The summed E-state index contributed by atoms with van der Waals surface area (Å²) in [6, 6.07) is 0.257. The van der Waals surface area contributed by atoms with Crippen molar-refractivity contribution in [2.45, 2.75) is 25.4 Å². The van der Waals surface area contributed by atoms with E-state index < -0.39 is 0 Å². The lowest BCUT2D eigenvalue weighted by molar-refractivity contribution is 0.0727. The van der Waals surface area contributed by atoms with E-state index in [2.05, 4.69) is 31.1 Å². The molecule has 1 saturated heterocycles. The van der Waals surface area contributed by atoms with Gasteiger partial charge >= 0.3 is 0 Å². The maximum absolute atomic E-state index is 8.89. The zero-order valence-corrected chi connectivity index (χ0v) is 7.59. The van der Waals surface area contributed by atoms with Gasteiger partial charge in [-0.3, -0.25) is 4.90 Å². The topological polar surface area (TPSA) is 35.5 Å². The van der Waals surface area contributed by atoms with Gasteiger partial charge in [-0.25, -0.2) is 0 Å². The molecule has 1 aliphatic heterocycles. The lowest BCUT2D eigenvalue weighted by atomic mass is 9.99. The summed E-state index contributed by atoms with van der Waals surface area (Å²) in [4.78, 5) is 2.28. The molecule has 0 aromatic rings. The normalized spacial score (nSPS) is 32.2. The average Bonchev–Trinajstić information content (AvgIpc) is 1.95. The molecule has 1 heterocycles. The number of nitrogens with zero attached hydrogens (tertiary/aromatic N) is 1. The highest BCUT2D eigenvalue weighted by atomic mass is 16.3. The molecule has 0 aliphatic carbocycles. The Hall–Kier alpha value is -0.120. The maximum Gasteiger partial charge on any atom is 0.0597 e. The first-order valence-electron chi connectivity index (χ1n) is 4.12. The van der Waals surface area contributed by atoms with Crippen molar-refractivity contribution in [1.29, 1.82) is 0 Å². The third-order valence-electron chi connectivity index (χ3n) is 2.57. The minimum absolute atomic E-state index is 0.228. The van der Waals surface area contributed by atoms with Gasteiger partial charge in [0.15, 0.2) is 0 Å². The summed E-state index contributed by atoms with van der Waals surface area (Å²) < 4.78 is 0. The molecule has 1 fully saturated rings. The Kier molecular flexibility index (Phi) is 2.52. The molecule has 1 atom stereocenters. The molecule has 2 N–H and O–H groups in total. The lowest BCUT2D eigenvalue weighted by Gasteiger charge is -2.43. The standard InChI is InChI=1S/C8H18N2O/c1-8(2)6-9-7(5-11)4-10(8)3/h7,9,11H,4-6H2,1-3H3. The van der Waals surface area contributed by atoms with Crippen LogP contribution in [0.1, 0.15) is 13.8 Å². The van der Waals surface area contributed by atoms with Crippen LogP contribution < -0.4 is 5.32 Å². The monoisotopic (exact) mass is 158 g/mol. The quantitative estimate of drug-likeness (QED) is 0.548. The summed E-state index contributed by atoms with van der Waals surface area (Å²) in [5.41, 5.74) is 0.228. The summed E-state index contributed by atoms with van der Waals surface area (Å²) in [5.74, 6) is 0. The van der Waals surface area contributed by atoms with Crippen LogP contribution in [0.5, 0.6) is 0 Å². The Bertz CT molecular complexity index is 136. The molecule has 3 heteroatoms. The molecule has 0 aromatic heterocycles. The Labute approximate surface area is 68.4 Å². The number of aliphatic hydroxyl groups excluding tert-OH is 1. The molecule has 66 valence electrons. The van der Waals surface area contributed by atoms with Crippen LogP contribution in [0.4, 0.5) is 0 Å². The largest absolute Gasteiger partial charge is 0.395 e. The van der Waals surface area contributed by atoms with E-state index in [1.165, 1.54) is 0 Å². The van der Waals surface area contributed by atoms with Crippen molar-refractivity contribution in [3.05, 3.63) is 0 Å². The predicted octanol–water partition coefficient (Wildman–Crippen LogP) is -0.339. The highest BCUT2D eigenvalue weighted by Crippen LogP contribution is 2.15. The van der Waals surface area contributed by atoms with Crippen molar-refractivity contribution < 1.29 is 5.11 Å². The summed E-state index contributed by atoms with van der Waals surface area (Å²) in [7, 11) is 2.10. The minimum Gasteiger partial charge on any atom is -0.395 e. The molecule has 3 nitrogen and oxygen atoms in total. The summed E-state index contributed by atoms with van der Waals surface area (Å²) >= 11 is 0. The maximum atomic E-state index is 8.89. The average molecular weight is 158 g/mol. The van der Waals surface area contributed by atoms with E-state index >= 15 is 0 Å². The van der Waals surface area contributed by atoms with Crippen molar-refractivity contribution in [3.63, 3.8) is 0 Å². The molecular weight excluding hydrogens is 140 g/mol. The molecule has 0 amide bonds. The van der Waals surface area contributed by atoms with Gasteiger partial charge in [-0.05, 0) is 20.9 Å². The van der Waals surface area contributed by atoms with Crippen LogP contribution >= 0.6 is 0 Å². The van der Waals surface area contributed by atoms with E-state index in [9.17, 15) is 0 Å². The first kappa shape index (κ1) is 8.97. The molecule has 0 spiro atoms. The Balaban J connectivity index is 2.48. The first-order valence-corrected chi connectivity index (χ1v) is 4.12. The zero-order valence-electron chi connectivity index (χ0n) is 7.59. The minimum atomic E-state index is 0.228. The van der Waals surface area contributed by atoms with Crippen LogP contribution in [0.3, 0.4) is 0 Å². The molecule has 0 aromatic carbocycles. The molecule has 11 heavy (non-hydrogen) atoms. The fourth-order valence-electron chi connectivity index (χ4n) is 1.29. The number of rotatable bonds is 1. The van der Waals surface area contributed by atoms with Gasteiger partial charge in [0.05, 0.1) is 6.61 Å². The second-order valence-electron chi connectivity index (χ2n) is 3.95. The van der Waals surface area contributed by atoms with Gasteiger partial charge in [-0.15, -0.1) is 0 Å². The number of nitrogens with one attached hydrogen (secondary N) is 1. The van der Waals surface area contributed by atoms with E-state index in [0.29, 0.717) is 0 Å². The number of aliphatic hydroxyl groups is 1. The van der Waals surface area contributed by atoms with E-state index in [-0.39, 0.29) is 18.2 Å². The van der Waals surface area contributed by atoms with Crippen LogP contribution in [0.25, 0.3) is 0 Å². The van der Waals surface area contributed by atoms with Gasteiger partial charge in [0.2, 0.25) is 0 Å². The second-order valence-corrected chi connectivity index (χ2v) is 3.95. The highest BCUT2D eigenvalue weighted by Gasteiger charge is 2.30. The molecule has 1 unspecified atom stereocenters. The molecule has 1 rings (SSSR count). The van der Waals surface area contributed by atoms with E-state index in [4.69, 9.17) is 5.11 Å². The van der Waals surface area contributed by atoms with Gasteiger partial charge in [-0.2, -0.15) is 0 Å². The second kappa shape index (κ2) is 3.09. The number of piperazine rings is 1. The van der Waals surface area contributed by atoms with Crippen molar-refractivity contribution in [2.24, 2.45) is 0 Å². The molecule has 0 saturated carbocycles. The number of hydrogen-bond acceptors (Lipinski definition) is 3. The lowest BCUT2D eigenvalue weighted by Crippen LogP contribution is -2.61. The number of hydrogen-bond donors (Lipinski definition) is 2. The van der Waals surface area contributed by atoms with Crippen molar-refractivity contribution >= 4 is 0 Å². The van der Waals surface area contributed by atoms with Gasteiger partial charge in [0.25, 0.3) is 0 Å². The summed E-state index contributed by atoms with van der Waals surface area (Å²) in [6.07, 6.45) is 0. The fraction of sp³-hybridized carbons (Fsp3) is 1.00. The van der Waals surface area contributed by atoms with Gasteiger partial charge in [0, 0.05) is 24.7 Å². The third kappa shape index (κ3) is 1.92. The highest BCUT2D eigenvalue weighted by molar-refractivity contribution is 4.90. The molecule has 0 radical (unpaired) electrons. The van der Waals surface area contributed by atoms with Crippen LogP contribution in [-0.2, 0) is 0 Å². The van der Waals surface area contributed by atoms with Gasteiger partial charge in [0.1, 0.15) is 0 Å². The SMILES string of the molecule is CN1CC(CO)NCC1(C)C. The Morgan fingerprint density at radius 1 is 1.64 bits per heavy atom. The Morgan fingerprint density at radius 3 is 2.73 bits per heavy atom. The van der Waals surface area contributed by atoms with Crippen molar-refractivity contribution in [2.75, 3.05) is 26.7 Å². The van der Waals surface area contributed by atoms with Crippen LogP contribution in [-0.4, -0.2) is 48.3 Å². The van der Waals surface area contributed by atoms with Crippen LogP contribution in [0.15, 0.2) is 0 Å². The van der Waals surface area contributed by atoms with Gasteiger partial charge in [-0.1, -0.05) is 0 Å². The van der Waals surface area contributed by atoms with Gasteiger partial charge < -0.3 is 10.4 Å².